The molecular formula is C20H21ClN4O3. The molecule has 0 spiro atoms. The minimum atomic E-state index is -0.616. The lowest BCUT2D eigenvalue weighted by Crippen LogP contribution is -2.35. The van der Waals surface area contributed by atoms with Crippen molar-refractivity contribution < 1.29 is 14.7 Å². The van der Waals surface area contributed by atoms with E-state index in [1.807, 2.05) is 6.07 Å². The van der Waals surface area contributed by atoms with Gasteiger partial charge in [-0.3, -0.25) is 9.59 Å². The first-order valence-electron chi connectivity index (χ1n) is 9.14. The summed E-state index contributed by atoms with van der Waals surface area (Å²) < 4.78 is 0. The molecule has 1 fully saturated rings. The van der Waals surface area contributed by atoms with Crippen molar-refractivity contribution in [2.24, 2.45) is 5.92 Å². The average molecular weight is 401 g/mol. The normalized spacial score (nSPS) is 21.5. The summed E-state index contributed by atoms with van der Waals surface area (Å²) >= 11 is 5.95. The molecule has 2 heterocycles. The molecule has 7 nitrogen and oxygen atoms in total. The van der Waals surface area contributed by atoms with Gasteiger partial charge in [0.05, 0.1) is 23.8 Å². The van der Waals surface area contributed by atoms with E-state index in [1.165, 1.54) is 0 Å². The molecule has 2 aliphatic heterocycles. The van der Waals surface area contributed by atoms with Crippen LogP contribution in [0.25, 0.3) is 0 Å². The zero-order chi connectivity index (χ0) is 19.8. The molecule has 2 aliphatic rings. The van der Waals surface area contributed by atoms with Crippen LogP contribution in [-0.2, 0) is 4.79 Å². The second-order valence-corrected chi connectivity index (χ2v) is 7.54. The monoisotopic (exact) mass is 400 g/mol. The van der Waals surface area contributed by atoms with Crippen LogP contribution in [0, 0.1) is 5.92 Å². The van der Waals surface area contributed by atoms with Crippen LogP contribution in [0.15, 0.2) is 42.5 Å². The molecule has 1 saturated heterocycles. The topological polar surface area (TPSA) is 93.7 Å². The fourth-order valence-corrected chi connectivity index (χ4v) is 3.70. The molecule has 0 aromatic heterocycles. The molecule has 2 aromatic rings. The number of hydrazine groups is 1. The maximum absolute atomic E-state index is 12.9. The van der Waals surface area contributed by atoms with Crippen LogP contribution in [0.4, 0.5) is 11.4 Å². The minimum Gasteiger partial charge on any atom is -0.392 e. The zero-order valence-electron chi connectivity index (χ0n) is 15.3. The standard InChI is InChI=1S/C20H21ClN4O3/c1-11(26)9-23-19(27)12-2-7-17-15(8-12)18-16(10-22-17)20(28)25(24-18)14-5-3-13(21)4-6-14/h2-8,11,16,18,22,24,26H,9-10H2,1H3,(H,23,27). The summed E-state index contributed by atoms with van der Waals surface area (Å²) in [4.78, 5) is 25.3. The number of aliphatic hydroxyl groups is 1. The van der Waals surface area contributed by atoms with E-state index in [2.05, 4.69) is 16.1 Å². The number of amides is 2. The van der Waals surface area contributed by atoms with Crippen LogP contribution < -0.4 is 21.1 Å². The summed E-state index contributed by atoms with van der Waals surface area (Å²) in [7, 11) is 0. The van der Waals surface area contributed by atoms with Gasteiger partial charge < -0.3 is 15.7 Å². The Morgan fingerprint density at radius 3 is 2.79 bits per heavy atom. The SMILES string of the molecule is CC(O)CNC(=O)c1ccc2c(c1)C1NN(c3ccc(Cl)cc3)C(=O)C1CN2. The molecule has 4 N–H and O–H groups in total. The zero-order valence-corrected chi connectivity index (χ0v) is 16.0. The second kappa shape index (κ2) is 7.43. The first-order chi connectivity index (χ1) is 13.4. The molecule has 0 bridgehead atoms. The molecule has 4 rings (SSSR count). The minimum absolute atomic E-state index is 0.0329. The van der Waals surface area contributed by atoms with Crippen LogP contribution in [0.1, 0.15) is 28.9 Å². The third kappa shape index (κ3) is 3.44. The van der Waals surface area contributed by atoms with Gasteiger partial charge in [0.2, 0.25) is 5.91 Å². The molecule has 3 unspecified atom stereocenters. The maximum atomic E-state index is 12.9. The van der Waals surface area contributed by atoms with E-state index < -0.39 is 6.10 Å². The number of nitrogens with zero attached hydrogens (tertiary/aromatic N) is 1. The van der Waals surface area contributed by atoms with E-state index in [-0.39, 0.29) is 30.3 Å². The number of rotatable bonds is 4. The van der Waals surface area contributed by atoms with E-state index >= 15 is 0 Å². The summed E-state index contributed by atoms with van der Waals surface area (Å²) in [5.41, 5.74) is 6.25. The van der Waals surface area contributed by atoms with Crippen LogP contribution >= 0.6 is 11.6 Å². The fraction of sp³-hybridized carbons (Fsp3) is 0.300. The number of benzene rings is 2. The van der Waals surface area contributed by atoms with Crippen LogP contribution in [-0.4, -0.2) is 36.1 Å². The number of carbonyl (C=O) groups is 2. The van der Waals surface area contributed by atoms with Crippen molar-refractivity contribution in [1.29, 1.82) is 0 Å². The molecule has 0 saturated carbocycles. The lowest BCUT2D eigenvalue weighted by Gasteiger charge is -2.27. The fourth-order valence-electron chi connectivity index (χ4n) is 3.57. The molecule has 2 aromatic carbocycles. The van der Waals surface area contributed by atoms with Crippen molar-refractivity contribution in [3.05, 3.63) is 58.6 Å². The van der Waals surface area contributed by atoms with Gasteiger partial charge in [0.25, 0.3) is 5.91 Å². The molecule has 3 atom stereocenters. The number of anilines is 2. The van der Waals surface area contributed by atoms with Gasteiger partial charge in [-0.2, -0.15) is 0 Å². The summed E-state index contributed by atoms with van der Waals surface area (Å²) in [6.45, 7) is 2.31. The van der Waals surface area contributed by atoms with Crippen molar-refractivity contribution in [2.75, 3.05) is 23.4 Å². The Labute approximate surface area is 167 Å². The second-order valence-electron chi connectivity index (χ2n) is 7.11. The highest BCUT2D eigenvalue weighted by Gasteiger charge is 2.44. The Morgan fingerprint density at radius 1 is 1.32 bits per heavy atom. The number of aliphatic hydroxyl groups excluding tert-OH is 1. The molecule has 146 valence electrons. The average Bonchev–Trinajstić information content (AvgIpc) is 3.03. The van der Waals surface area contributed by atoms with Crippen molar-refractivity contribution in [1.82, 2.24) is 10.7 Å². The van der Waals surface area contributed by atoms with Crippen molar-refractivity contribution in [3.63, 3.8) is 0 Å². The maximum Gasteiger partial charge on any atom is 0.251 e. The molecule has 28 heavy (non-hydrogen) atoms. The van der Waals surface area contributed by atoms with Gasteiger partial charge in [-0.05, 0) is 55.0 Å². The predicted octanol–water partition coefficient (Wildman–Crippen LogP) is 2.08. The van der Waals surface area contributed by atoms with Crippen molar-refractivity contribution in [2.45, 2.75) is 19.1 Å². The number of carbonyl (C=O) groups excluding carboxylic acids is 2. The Kier molecular flexibility index (Phi) is 4.97. The van der Waals surface area contributed by atoms with Gasteiger partial charge in [-0.25, -0.2) is 10.4 Å². The molecule has 0 aliphatic carbocycles. The van der Waals surface area contributed by atoms with Gasteiger partial charge in [0.15, 0.2) is 0 Å². The van der Waals surface area contributed by atoms with Crippen molar-refractivity contribution in [3.8, 4) is 0 Å². The lowest BCUT2D eigenvalue weighted by atomic mass is 9.88. The van der Waals surface area contributed by atoms with E-state index in [0.717, 1.165) is 16.9 Å². The van der Waals surface area contributed by atoms with Gasteiger partial charge in [0.1, 0.15) is 0 Å². The van der Waals surface area contributed by atoms with Gasteiger partial charge in [0, 0.05) is 29.4 Å². The number of fused-ring (bicyclic) bond motifs is 3. The van der Waals surface area contributed by atoms with Gasteiger partial charge >= 0.3 is 0 Å². The summed E-state index contributed by atoms with van der Waals surface area (Å²) in [5, 5.41) is 17.5. The van der Waals surface area contributed by atoms with Crippen molar-refractivity contribution >= 4 is 34.8 Å². The summed E-state index contributed by atoms with van der Waals surface area (Å²) in [5.74, 6) is -0.571. The molecule has 8 heteroatoms. The number of hydrogen-bond acceptors (Lipinski definition) is 5. The van der Waals surface area contributed by atoms with E-state index in [9.17, 15) is 14.7 Å². The van der Waals surface area contributed by atoms with Gasteiger partial charge in [-0.1, -0.05) is 11.6 Å². The first kappa shape index (κ1) is 18.7. The number of hydrogen-bond donors (Lipinski definition) is 4. The number of halogens is 1. The van der Waals surface area contributed by atoms with E-state index in [4.69, 9.17) is 11.6 Å². The van der Waals surface area contributed by atoms with E-state index in [0.29, 0.717) is 17.1 Å². The van der Waals surface area contributed by atoms with E-state index in [1.54, 1.807) is 48.3 Å². The highest BCUT2D eigenvalue weighted by atomic mass is 35.5. The Bertz CT molecular complexity index is 916. The molecule has 2 amide bonds. The largest absolute Gasteiger partial charge is 0.392 e. The highest BCUT2D eigenvalue weighted by Crippen LogP contribution is 2.40. The lowest BCUT2D eigenvalue weighted by molar-refractivity contribution is -0.120. The summed E-state index contributed by atoms with van der Waals surface area (Å²) in [6, 6.07) is 12.2. The predicted molar refractivity (Wildman–Crippen MR) is 107 cm³/mol. The Balaban J connectivity index is 1.60. The molecule has 0 radical (unpaired) electrons. The summed E-state index contributed by atoms with van der Waals surface area (Å²) in [6.07, 6.45) is -0.616. The van der Waals surface area contributed by atoms with Gasteiger partial charge in [-0.15, -0.1) is 0 Å². The van der Waals surface area contributed by atoms with Crippen LogP contribution in [0.2, 0.25) is 5.02 Å². The third-order valence-electron chi connectivity index (χ3n) is 5.01. The molecular weight excluding hydrogens is 380 g/mol. The number of nitrogens with one attached hydrogen (secondary N) is 3. The Hall–Kier alpha value is -2.61. The van der Waals surface area contributed by atoms with Crippen LogP contribution in [0.5, 0.6) is 0 Å². The quantitative estimate of drug-likeness (QED) is 0.630. The van der Waals surface area contributed by atoms with Crippen LogP contribution in [0.3, 0.4) is 0 Å². The Morgan fingerprint density at radius 2 is 2.07 bits per heavy atom. The highest BCUT2D eigenvalue weighted by molar-refractivity contribution is 6.30. The third-order valence-corrected chi connectivity index (χ3v) is 5.26. The smallest absolute Gasteiger partial charge is 0.251 e. The first-order valence-corrected chi connectivity index (χ1v) is 9.51.